The molecule has 0 N–H and O–H groups in total. The Morgan fingerprint density at radius 3 is 2.62 bits per heavy atom. The molecule has 16 heavy (non-hydrogen) atoms. The van der Waals surface area contributed by atoms with Gasteiger partial charge in [0.05, 0.1) is 19.1 Å². The van der Waals surface area contributed by atoms with E-state index in [9.17, 15) is 18.0 Å². The number of Topliss-reactive ketones (excluding diaryl/α,β-unsaturated/α-hetero) is 1. The van der Waals surface area contributed by atoms with Crippen molar-refractivity contribution in [2.24, 2.45) is 5.92 Å². The average Bonchev–Trinajstić information content (AvgIpc) is 2.19. The maximum absolute atomic E-state index is 12.4. The third-order valence-corrected chi connectivity index (χ3v) is 2.67. The van der Waals surface area contributed by atoms with Crippen molar-refractivity contribution in [3.63, 3.8) is 0 Å². The normalized spacial score (nSPS) is 27.1. The van der Waals surface area contributed by atoms with Crippen molar-refractivity contribution in [3.05, 3.63) is 0 Å². The van der Waals surface area contributed by atoms with Gasteiger partial charge in [-0.2, -0.15) is 13.2 Å². The van der Waals surface area contributed by atoms with Gasteiger partial charge < -0.3 is 9.47 Å². The van der Waals surface area contributed by atoms with Gasteiger partial charge >= 0.3 is 6.18 Å². The number of hydrogen-bond acceptors (Lipinski definition) is 3. The molecule has 0 aliphatic heterocycles. The van der Waals surface area contributed by atoms with E-state index in [1.165, 1.54) is 7.11 Å². The quantitative estimate of drug-likeness (QED) is 0.704. The first-order chi connectivity index (χ1) is 7.45. The lowest BCUT2D eigenvalue weighted by molar-refractivity contribution is -0.193. The minimum absolute atomic E-state index is 0.0537. The smallest absolute Gasteiger partial charge is 0.382 e. The Morgan fingerprint density at radius 1 is 1.38 bits per heavy atom. The zero-order valence-electron chi connectivity index (χ0n) is 9.05. The van der Waals surface area contributed by atoms with Gasteiger partial charge in [-0.1, -0.05) is 0 Å². The van der Waals surface area contributed by atoms with E-state index in [2.05, 4.69) is 0 Å². The van der Waals surface area contributed by atoms with E-state index >= 15 is 0 Å². The molecule has 1 aliphatic carbocycles. The molecule has 1 aliphatic rings. The van der Waals surface area contributed by atoms with Crippen LogP contribution in [0.15, 0.2) is 0 Å². The van der Waals surface area contributed by atoms with E-state index < -0.39 is 18.2 Å². The van der Waals surface area contributed by atoms with Crippen LogP contribution in [0.2, 0.25) is 0 Å². The minimum Gasteiger partial charge on any atom is -0.382 e. The van der Waals surface area contributed by atoms with Crippen LogP contribution in [0.3, 0.4) is 0 Å². The molecule has 1 rings (SSSR count). The summed E-state index contributed by atoms with van der Waals surface area (Å²) in [7, 11) is 1.46. The second-order valence-corrected chi connectivity index (χ2v) is 3.83. The molecular formula is C10H15F3O3. The van der Waals surface area contributed by atoms with Crippen LogP contribution in [-0.4, -0.2) is 38.4 Å². The summed E-state index contributed by atoms with van der Waals surface area (Å²) in [5.74, 6) is -1.66. The Bertz CT molecular complexity index is 240. The SMILES string of the molecule is COCCOC1CC(C(F)(F)F)CCC1=O. The van der Waals surface area contributed by atoms with Crippen LogP contribution in [0, 0.1) is 5.92 Å². The van der Waals surface area contributed by atoms with E-state index in [4.69, 9.17) is 9.47 Å². The molecule has 1 fully saturated rings. The summed E-state index contributed by atoms with van der Waals surface area (Å²) < 4.78 is 47.1. The van der Waals surface area contributed by atoms with Crippen LogP contribution in [-0.2, 0) is 14.3 Å². The number of rotatable bonds is 4. The average molecular weight is 240 g/mol. The maximum atomic E-state index is 12.4. The summed E-state index contributed by atoms with van der Waals surface area (Å²) in [6.45, 7) is 0.429. The Hall–Kier alpha value is -0.620. The van der Waals surface area contributed by atoms with Gasteiger partial charge in [-0.25, -0.2) is 0 Å². The molecule has 3 nitrogen and oxygen atoms in total. The zero-order valence-corrected chi connectivity index (χ0v) is 9.05. The number of carbonyl (C=O) groups excluding carboxylic acids is 1. The third-order valence-electron chi connectivity index (χ3n) is 2.67. The van der Waals surface area contributed by atoms with Crippen molar-refractivity contribution in [2.45, 2.75) is 31.5 Å². The molecule has 0 bridgehead atoms. The second-order valence-electron chi connectivity index (χ2n) is 3.83. The topological polar surface area (TPSA) is 35.5 Å². The Kier molecular flexibility index (Phi) is 4.73. The van der Waals surface area contributed by atoms with Crippen LogP contribution in [0.1, 0.15) is 19.3 Å². The molecule has 0 aromatic heterocycles. The first-order valence-corrected chi connectivity index (χ1v) is 5.15. The Morgan fingerprint density at radius 2 is 2.06 bits per heavy atom. The van der Waals surface area contributed by atoms with Gasteiger partial charge in [-0.05, 0) is 12.8 Å². The summed E-state index contributed by atoms with van der Waals surface area (Å²) in [6, 6.07) is 0. The van der Waals surface area contributed by atoms with Gasteiger partial charge in [-0.15, -0.1) is 0 Å². The van der Waals surface area contributed by atoms with E-state index in [0.29, 0.717) is 0 Å². The summed E-state index contributed by atoms with van der Waals surface area (Å²) in [5, 5.41) is 0. The largest absolute Gasteiger partial charge is 0.391 e. The molecule has 2 unspecified atom stereocenters. The van der Waals surface area contributed by atoms with Crippen molar-refractivity contribution in [1.29, 1.82) is 0 Å². The molecule has 0 amide bonds. The van der Waals surface area contributed by atoms with Crippen molar-refractivity contribution in [2.75, 3.05) is 20.3 Å². The van der Waals surface area contributed by atoms with Gasteiger partial charge in [0.2, 0.25) is 0 Å². The zero-order chi connectivity index (χ0) is 12.2. The number of halogens is 3. The van der Waals surface area contributed by atoms with Gasteiger partial charge in [0.25, 0.3) is 0 Å². The van der Waals surface area contributed by atoms with Crippen molar-refractivity contribution in [1.82, 2.24) is 0 Å². The first-order valence-electron chi connectivity index (χ1n) is 5.15. The molecule has 1 saturated carbocycles. The van der Waals surface area contributed by atoms with E-state index in [1.54, 1.807) is 0 Å². The molecule has 2 atom stereocenters. The molecule has 94 valence electrons. The highest BCUT2D eigenvalue weighted by Gasteiger charge is 2.44. The monoisotopic (exact) mass is 240 g/mol. The minimum atomic E-state index is -4.23. The highest BCUT2D eigenvalue weighted by atomic mass is 19.4. The van der Waals surface area contributed by atoms with Crippen LogP contribution in [0.5, 0.6) is 0 Å². The number of carbonyl (C=O) groups is 1. The second kappa shape index (κ2) is 5.63. The first kappa shape index (κ1) is 13.4. The highest BCUT2D eigenvalue weighted by Crippen LogP contribution is 2.37. The van der Waals surface area contributed by atoms with Gasteiger partial charge in [-0.3, -0.25) is 4.79 Å². The lowest BCUT2D eigenvalue weighted by atomic mass is 9.86. The Labute approximate surface area is 91.9 Å². The number of alkyl halides is 3. The van der Waals surface area contributed by atoms with Gasteiger partial charge in [0.15, 0.2) is 5.78 Å². The van der Waals surface area contributed by atoms with E-state index in [0.717, 1.165) is 0 Å². The summed E-state index contributed by atoms with van der Waals surface area (Å²) in [6.07, 6.45) is -5.58. The molecule has 6 heteroatoms. The molecule has 0 aromatic carbocycles. The molecular weight excluding hydrogens is 225 g/mol. The van der Waals surface area contributed by atoms with Crippen molar-refractivity contribution in [3.8, 4) is 0 Å². The lowest BCUT2D eigenvalue weighted by Gasteiger charge is -2.29. The van der Waals surface area contributed by atoms with E-state index in [1.807, 2.05) is 0 Å². The Balaban J connectivity index is 2.45. The number of ketones is 1. The van der Waals surface area contributed by atoms with Gasteiger partial charge in [0.1, 0.15) is 6.10 Å². The van der Waals surface area contributed by atoms with E-state index in [-0.39, 0.29) is 38.3 Å². The summed E-state index contributed by atoms with van der Waals surface area (Å²) >= 11 is 0. The fourth-order valence-electron chi connectivity index (χ4n) is 1.72. The molecule has 0 saturated heterocycles. The number of methoxy groups -OCH3 is 1. The standard InChI is InChI=1S/C10H15F3O3/c1-15-4-5-16-9-6-7(10(11,12)13)2-3-8(9)14/h7,9H,2-6H2,1H3. The molecule has 0 radical (unpaired) electrons. The highest BCUT2D eigenvalue weighted by molar-refractivity contribution is 5.83. The van der Waals surface area contributed by atoms with Crippen LogP contribution >= 0.6 is 0 Å². The number of ether oxygens (including phenoxy) is 2. The van der Waals surface area contributed by atoms with Crippen molar-refractivity contribution >= 4 is 5.78 Å². The fourth-order valence-corrected chi connectivity index (χ4v) is 1.72. The van der Waals surface area contributed by atoms with Crippen LogP contribution in [0.25, 0.3) is 0 Å². The van der Waals surface area contributed by atoms with Crippen LogP contribution < -0.4 is 0 Å². The number of hydrogen-bond donors (Lipinski definition) is 0. The van der Waals surface area contributed by atoms with Gasteiger partial charge in [0, 0.05) is 13.5 Å². The third kappa shape index (κ3) is 3.75. The lowest BCUT2D eigenvalue weighted by Crippen LogP contribution is -2.38. The van der Waals surface area contributed by atoms with Crippen molar-refractivity contribution < 1.29 is 27.4 Å². The summed E-state index contributed by atoms with van der Waals surface area (Å²) in [4.78, 5) is 11.3. The maximum Gasteiger partial charge on any atom is 0.391 e. The predicted octanol–water partition coefficient (Wildman–Crippen LogP) is 1.95. The predicted molar refractivity (Wildman–Crippen MR) is 50.0 cm³/mol. The molecule has 0 aromatic rings. The summed E-state index contributed by atoms with van der Waals surface area (Å²) in [5.41, 5.74) is 0. The van der Waals surface area contributed by atoms with Crippen LogP contribution in [0.4, 0.5) is 13.2 Å². The molecule has 0 spiro atoms. The molecule has 0 heterocycles. The fraction of sp³-hybridized carbons (Fsp3) is 0.900.